The van der Waals surface area contributed by atoms with Gasteiger partial charge in [-0.2, -0.15) is 0 Å². The molecule has 1 heterocycles. The van der Waals surface area contributed by atoms with E-state index in [2.05, 4.69) is 18.6 Å². The van der Waals surface area contributed by atoms with E-state index >= 15 is 0 Å². The van der Waals surface area contributed by atoms with Gasteiger partial charge in [-0.05, 0) is 24.5 Å². The Kier molecular flexibility index (Phi) is 6.60. The van der Waals surface area contributed by atoms with Crippen molar-refractivity contribution in [3.05, 3.63) is 17.0 Å². The smallest absolute Gasteiger partial charge is 0.345 e. The minimum absolute atomic E-state index is 0.00133. The SMILES string of the molecule is CC(C)CCOCCNS(=O)(=O)c1ccc(C(=O)O)s1. The Labute approximate surface area is 122 Å². The number of thiophene rings is 1. The van der Waals surface area contributed by atoms with E-state index in [-0.39, 0.29) is 15.6 Å². The molecule has 1 aromatic rings. The lowest BCUT2D eigenvalue weighted by Gasteiger charge is -2.07. The molecule has 1 aromatic heterocycles. The highest BCUT2D eigenvalue weighted by Crippen LogP contribution is 2.21. The summed E-state index contributed by atoms with van der Waals surface area (Å²) in [4.78, 5) is 10.7. The summed E-state index contributed by atoms with van der Waals surface area (Å²) < 4.78 is 31.4. The van der Waals surface area contributed by atoms with Crippen LogP contribution in [0.2, 0.25) is 0 Å². The van der Waals surface area contributed by atoms with Crippen molar-refractivity contribution in [2.75, 3.05) is 19.8 Å². The summed E-state index contributed by atoms with van der Waals surface area (Å²) in [6, 6.07) is 2.57. The summed E-state index contributed by atoms with van der Waals surface area (Å²) in [5, 5.41) is 8.76. The van der Waals surface area contributed by atoms with Crippen LogP contribution in [0.15, 0.2) is 16.3 Å². The van der Waals surface area contributed by atoms with Gasteiger partial charge in [-0.25, -0.2) is 17.9 Å². The van der Waals surface area contributed by atoms with E-state index in [0.29, 0.717) is 19.1 Å². The maximum atomic E-state index is 11.9. The van der Waals surface area contributed by atoms with Gasteiger partial charge in [-0.3, -0.25) is 0 Å². The van der Waals surface area contributed by atoms with Crippen LogP contribution in [0.4, 0.5) is 0 Å². The Morgan fingerprint density at radius 1 is 1.40 bits per heavy atom. The van der Waals surface area contributed by atoms with Gasteiger partial charge < -0.3 is 9.84 Å². The molecule has 0 saturated heterocycles. The summed E-state index contributed by atoms with van der Waals surface area (Å²) >= 11 is 0.729. The van der Waals surface area contributed by atoms with E-state index in [1.54, 1.807) is 0 Å². The first-order valence-corrected chi connectivity index (χ1v) is 8.53. The van der Waals surface area contributed by atoms with Crippen LogP contribution >= 0.6 is 11.3 Å². The van der Waals surface area contributed by atoms with E-state index in [1.807, 2.05) is 0 Å². The van der Waals surface area contributed by atoms with E-state index in [0.717, 1.165) is 17.8 Å². The quantitative estimate of drug-likeness (QED) is 0.676. The molecular weight excluding hydrogens is 302 g/mol. The lowest BCUT2D eigenvalue weighted by Crippen LogP contribution is -2.27. The minimum atomic E-state index is -3.65. The molecule has 8 heteroatoms. The number of aromatic carboxylic acids is 1. The van der Waals surface area contributed by atoms with Crippen LogP contribution in [-0.2, 0) is 14.8 Å². The summed E-state index contributed by atoms with van der Waals surface area (Å²) in [5.74, 6) is -0.583. The van der Waals surface area contributed by atoms with Crippen molar-refractivity contribution in [3.63, 3.8) is 0 Å². The summed E-state index contributed by atoms with van der Waals surface area (Å²) in [6.45, 7) is 5.23. The molecule has 0 unspecified atom stereocenters. The zero-order chi connectivity index (χ0) is 15.2. The lowest BCUT2D eigenvalue weighted by atomic mass is 10.1. The first-order valence-electron chi connectivity index (χ1n) is 6.23. The largest absolute Gasteiger partial charge is 0.477 e. The van der Waals surface area contributed by atoms with E-state index in [1.165, 1.54) is 12.1 Å². The third-order valence-electron chi connectivity index (χ3n) is 2.44. The molecule has 0 amide bonds. The maximum absolute atomic E-state index is 11.9. The third kappa shape index (κ3) is 5.58. The van der Waals surface area contributed by atoms with Gasteiger partial charge in [0.05, 0.1) is 6.61 Å². The van der Waals surface area contributed by atoms with Gasteiger partial charge in [0.1, 0.15) is 9.09 Å². The standard InChI is InChI=1S/C12H19NO5S2/c1-9(2)5-7-18-8-6-13-20(16,17)11-4-3-10(19-11)12(14)15/h3-4,9,13H,5-8H2,1-2H3,(H,14,15). The lowest BCUT2D eigenvalue weighted by molar-refractivity contribution is 0.0702. The Morgan fingerprint density at radius 2 is 2.10 bits per heavy atom. The van der Waals surface area contributed by atoms with Gasteiger partial charge in [0.25, 0.3) is 0 Å². The normalized spacial score (nSPS) is 11.9. The molecule has 0 radical (unpaired) electrons. The predicted molar refractivity (Wildman–Crippen MR) is 76.7 cm³/mol. The second-order valence-corrected chi connectivity index (χ2v) is 7.69. The first kappa shape index (κ1) is 17.1. The zero-order valence-corrected chi connectivity index (χ0v) is 13.1. The second kappa shape index (κ2) is 7.72. The number of carboxylic acid groups (broad SMARTS) is 1. The van der Waals surface area contributed by atoms with Crippen LogP contribution in [0.3, 0.4) is 0 Å². The van der Waals surface area contributed by atoms with Crippen LogP contribution in [0.5, 0.6) is 0 Å². The van der Waals surface area contributed by atoms with Crippen molar-refractivity contribution in [3.8, 4) is 0 Å². The molecule has 1 rings (SSSR count). The predicted octanol–water partition coefficient (Wildman–Crippen LogP) is 1.79. The monoisotopic (exact) mass is 321 g/mol. The molecular formula is C12H19NO5S2. The number of carboxylic acids is 1. The number of hydrogen-bond acceptors (Lipinski definition) is 5. The molecule has 2 N–H and O–H groups in total. The van der Waals surface area contributed by atoms with Gasteiger partial charge in [-0.15, -0.1) is 11.3 Å². The number of hydrogen-bond donors (Lipinski definition) is 2. The topological polar surface area (TPSA) is 92.7 Å². The fourth-order valence-corrected chi connectivity index (χ4v) is 3.52. The Balaban J connectivity index is 2.39. The van der Waals surface area contributed by atoms with Crippen molar-refractivity contribution in [2.24, 2.45) is 5.92 Å². The molecule has 0 aliphatic heterocycles. The van der Waals surface area contributed by atoms with Gasteiger partial charge in [0, 0.05) is 13.2 Å². The van der Waals surface area contributed by atoms with Crippen LogP contribution in [-0.4, -0.2) is 39.3 Å². The number of carbonyl (C=O) groups is 1. The van der Waals surface area contributed by atoms with Gasteiger partial charge in [-0.1, -0.05) is 13.8 Å². The minimum Gasteiger partial charge on any atom is -0.477 e. The highest BCUT2D eigenvalue weighted by atomic mass is 32.2. The molecule has 0 bridgehead atoms. The van der Waals surface area contributed by atoms with Crippen molar-refractivity contribution in [1.29, 1.82) is 0 Å². The fraction of sp³-hybridized carbons (Fsp3) is 0.583. The summed E-state index contributed by atoms with van der Waals surface area (Å²) in [7, 11) is -3.65. The van der Waals surface area contributed by atoms with E-state index in [9.17, 15) is 13.2 Å². The molecule has 0 spiro atoms. The van der Waals surface area contributed by atoms with Crippen LogP contribution < -0.4 is 4.72 Å². The highest BCUT2D eigenvalue weighted by molar-refractivity contribution is 7.91. The third-order valence-corrected chi connectivity index (χ3v) is 5.46. The van der Waals surface area contributed by atoms with Gasteiger partial charge >= 0.3 is 5.97 Å². The van der Waals surface area contributed by atoms with Crippen molar-refractivity contribution in [1.82, 2.24) is 4.72 Å². The maximum Gasteiger partial charge on any atom is 0.345 e. The van der Waals surface area contributed by atoms with Gasteiger partial charge in [0.15, 0.2) is 0 Å². The summed E-state index contributed by atoms with van der Waals surface area (Å²) in [6.07, 6.45) is 0.930. The highest BCUT2D eigenvalue weighted by Gasteiger charge is 2.18. The first-order chi connectivity index (χ1) is 9.33. The molecule has 20 heavy (non-hydrogen) atoms. The Bertz CT molecular complexity index is 536. The number of ether oxygens (including phenoxy) is 1. The molecule has 0 atom stereocenters. The molecule has 6 nitrogen and oxygen atoms in total. The van der Waals surface area contributed by atoms with Crippen molar-refractivity contribution in [2.45, 2.75) is 24.5 Å². The van der Waals surface area contributed by atoms with Gasteiger partial charge in [0.2, 0.25) is 10.0 Å². The molecule has 0 fully saturated rings. The van der Waals surface area contributed by atoms with E-state index in [4.69, 9.17) is 9.84 Å². The van der Waals surface area contributed by atoms with Crippen molar-refractivity contribution < 1.29 is 23.1 Å². The van der Waals surface area contributed by atoms with Crippen LogP contribution in [0.25, 0.3) is 0 Å². The Morgan fingerprint density at radius 3 is 2.65 bits per heavy atom. The van der Waals surface area contributed by atoms with Crippen molar-refractivity contribution >= 4 is 27.3 Å². The molecule has 114 valence electrons. The Hall–Kier alpha value is -0.960. The number of sulfonamides is 1. The molecule has 0 aromatic carbocycles. The number of nitrogens with one attached hydrogen (secondary N) is 1. The van der Waals surface area contributed by atoms with Crippen LogP contribution in [0.1, 0.15) is 29.9 Å². The van der Waals surface area contributed by atoms with E-state index < -0.39 is 16.0 Å². The average Bonchev–Trinajstić information content (AvgIpc) is 2.83. The molecule has 0 aliphatic rings. The molecule has 0 aliphatic carbocycles. The molecule has 0 saturated carbocycles. The van der Waals surface area contributed by atoms with Crippen LogP contribution in [0, 0.1) is 5.92 Å². The zero-order valence-electron chi connectivity index (χ0n) is 11.5. The fourth-order valence-electron chi connectivity index (χ4n) is 1.32. The summed E-state index contributed by atoms with van der Waals surface area (Å²) in [5.41, 5.74) is 0. The number of rotatable bonds is 9. The average molecular weight is 321 g/mol. The second-order valence-electron chi connectivity index (χ2n) is 4.62.